The molecule has 0 saturated carbocycles. The van der Waals surface area contributed by atoms with Crippen molar-refractivity contribution in [3.05, 3.63) is 58.9 Å². The number of fused-ring (bicyclic) bond motifs is 1. The number of furan rings is 1. The number of nitrogens with zero attached hydrogens (tertiary/aromatic N) is 2. The predicted molar refractivity (Wildman–Crippen MR) is 133 cm³/mol. The van der Waals surface area contributed by atoms with E-state index in [-0.39, 0.29) is 23.5 Å². The third kappa shape index (κ3) is 5.64. The summed E-state index contributed by atoms with van der Waals surface area (Å²) in [6, 6.07) is 1.17. The second-order valence-electron chi connectivity index (χ2n) is 10.8. The van der Waals surface area contributed by atoms with Crippen LogP contribution in [0.5, 0.6) is 5.75 Å². The number of likely N-dealkylation sites (tertiary alicyclic amines) is 1. The maximum Gasteiger partial charge on any atom is 0.433 e. The van der Waals surface area contributed by atoms with Crippen LogP contribution in [0.25, 0.3) is 11.0 Å². The van der Waals surface area contributed by atoms with Crippen molar-refractivity contribution in [3.8, 4) is 5.75 Å². The molecule has 0 radical (unpaired) electrons. The zero-order chi connectivity index (χ0) is 30.5. The molecule has 2 N–H and O–H groups in total. The van der Waals surface area contributed by atoms with Gasteiger partial charge < -0.3 is 19.6 Å². The van der Waals surface area contributed by atoms with Crippen LogP contribution >= 0.6 is 0 Å². The summed E-state index contributed by atoms with van der Waals surface area (Å²) in [6.45, 7) is 4.72. The number of carboxylic acid groups (broad SMARTS) is 1. The molecule has 14 heteroatoms. The van der Waals surface area contributed by atoms with E-state index in [2.05, 4.69) is 10.3 Å². The molecule has 1 aliphatic heterocycles. The molecule has 4 rings (SSSR count). The van der Waals surface area contributed by atoms with Crippen LogP contribution in [0.3, 0.4) is 0 Å². The Morgan fingerprint density at radius 1 is 1.22 bits per heavy atom. The smallest absolute Gasteiger partial charge is 0.433 e. The third-order valence-corrected chi connectivity index (χ3v) is 6.87. The van der Waals surface area contributed by atoms with E-state index < -0.39 is 82.8 Å². The van der Waals surface area contributed by atoms with E-state index in [1.807, 2.05) is 0 Å². The zero-order valence-electron chi connectivity index (χ0n) is 22.4. The van der Waals surface area contributed by atoms with Gasteiger partial charge in [-0.15, -0.1) is 0 Å². The lowest BCUT2D eigenvalue weighted by molar-refractivity contribution is -0.154. The number of nitrogens with one attached hydrogen (secondary N) is 1. The Morgan fingerprint density at radius 3 is 2.51 bits per heavy atom. The number of alkyl halides is 5. The van der Waals surface area contributed by atoms with Gasteiger partial charge in [0, 0.05) is 18.3 Å². The molecule has 2 aromatic heterocycles. The lowest BCUT2D eigenvalue weighted by atomic mass is 9.76. The number of pyridine rings is 1. The summed E-state index contributed by atoms with van der Waals surface area (Å²) in [6.07, 6.45) is -5.74. The first-order valence-corrected chi connectivity index (χ1v) is 12.5. The van der Waals surface area contributed by atoms with E-state index in [1.165, 1.54) is 39.8 Å². The number of hydrogen-bond acceptors (Lipinski definition) is 5. The number of carbonyl (C=O) groups excluding carboxylic acids is 1. The van der Waals surface area contributed by atoms with Crippen LogP contribution in [-0.2, 0) is 12.8 Å². The number of rotatable bonds is 5. The van der Waals surface area contributed by atoms with Crippen LogP contribution in [0.4, 0.5) is 31.1 Å². The topological polar surface area (TPSA) is 105 Å². The molecule has 2 amide bonds. The fourth-order valence-electron chi connectivity index (χ4n) is 5.24. The molecule has 8 nitrogen and oxygen atoms in total. The van der Waals surface area contributed by atoms with Crippen molar-refractivity contribution in [1.82, 2.24) is 15.2 Å². The normalized spacial score (nSPS) is 19.3. The monoisotopic (exact) mass is 587 g/mol. The highest BCUT2D eigenvalue weighted by atomic mass is 19.4. The summed E-state index contributed by atoms with van der Waals surface area (Å²) >= 11 is 0. The number of halogens is 6. The summed E-state index contributed by atoms with van der Waals surface area (Å²) in [5.74, 6) is -6.52. The third-order valence-electron chi connectivity index (χ3n) is 6.87. The van der Waals surface area contributed by atoms with E-state index in [1.54, 1.807) is 0 Å². The van der Waals surface area contributed by atoms with Gasteiger partial charge in [0.1, 0.15) is 24.0 Å². The van der Waals surface area contributed by atoms with Crippen molar-refractivity contribution in [1.29, 1.82) is 0 Å². The number of aromatic nitrogens is 1. The first kappa shape index (κ1) is 30.0. The van der Waals surface area contributed by atoms with Crippen LogP contribution in [0.2, 0.25) is 0 Å². The summed E-state index contributed by atoms with van der Waals surface area (Å²) in [5, 5.41) is 11.3. The van der Waals surface area contributed by atoms with E-state index in [4.69, 9.17) is 9.15 Å². The number of hydrogen-bond donors (Lipinski definition) is 2. The fourth-order valence-corrected chi connectivity index (χ4v) is 5.24. The average molecular weight is 588 g/mol. The molecule has 0 spiro atoms. The Balaban J connectivity index is 1.64. The number of aryl methyl sites for hydroxylation is 1. The Morgan fingerprint density at radius 2 is 1.90 bits per heavy atom. The average Bonchev–Trinajstić information content (AvgIpc) is 3.19. The van der Waals surface area contributed by atoms with Gasteiger partial charge in [0.2, 0.25) is 0 Å². The molecule has 222 valence electrons. The summed E-state index contributed by atoms with van der Waals surface area (Å²) in [7, 11) is 0. The minimum Gasteiger partial charge on any atom is -0.486 e. The van der Waals surface area contributed by atoms with Crippen molar-refractivity contribution >= 4 is 23.0 Å². The molecule has 3 heterocycles. The standard InChI is InChI=1S/C27H27F6N3O5/c1-13-18(22(37)35-17-9-11-36(24(38)39)23(25(2,3)4)26(17,29)30)19-15(41-13)7-8-16(20(19)28)40-12-14-6-5-10-34-21(14)27(31,32)33/h5-8,10,17,23H,9,11-12H2,1-4H3,(H,35,37)(H,38,39). The van der Waals surface area contributed by atoms with Crippen molar-refractivity contribution < 1.29 is 50.2 Å². The molecule has 1 aromatic carbocycles. The van der Waals surface area contributed by atoms with Gasteiger partial charge in [-0.25, -0.2) is 18.0 Å². The second-order valence-corrected chi connectivity index (χ2v) is 10.8. The molecule has 3 aromatic rings. The van der Waals surface area contributed by atoms with Gasteiger partial charge in [-0.1, -0.05) is 26.8 Å². The Bertz CT molecular complexity index is 1480. The predicted octanol–water partition coefficient (Wildman–Crippen LogP) is 6.41. The lowest BCUT2D eigenvalue weighted by Gasteiger charge is -2.49. The maximum absolute atomic E-state index is 15.7. The van der Waals surface area contributed by atoms with Gasteiger partial charge in [-0.2, -0.15) is 13.2 Å². The Labute approximate surface area is 230 Å². The highest BCUT2D eigenvalue weighted by molar-refractivity contribution is 6.08. The first-order chi connectivity index (χ1) is 18.9. The van der Waals surface area contributed by atoms with E-state index in [0.29, 0.717) is 4.90 Å². The number of ether oxygens (including phenoxy) is 1. The lowest BCUT2D eigenvalue weighted by Crippen LogP contribution is -2.68. The van der Waals surface area contributed by atoms with Gasteiger partial charge in [0.25, 0.3) is 11.8 Å². The minimum absolute atomic E-state index is 0.0983. The Hall–Kier alpha value is -3.97. The van der Waals surface area contributed by atoms with Crippen LogP contribution in [-0.4, -0.2) is 51.5 Å². The zero-order valence-corrected chi connectivity index (χ0v) is 22.4. The van der Waals surface area contributed by atoms with E-state index in [9.17, 15) is 27.9 Å². The van der Waals surface area contributed by atoms with Crippen molar-refractivity contribution in [2.45, 2.75) is 64.9 Å². The number of amides is 2. The van der Waals surface area contributed by atoms with Gasteiger partial charge in [0.15, 0.2) is 17.3 Å². The molecule has 1 aliphatic rings. The van der Waals surface area contributed by atoms with Gasteiger partial charge in [0.05, 0.1) is 17.0 Å². The highest BCUT2D eigenvalue weighted by Crippen LogP contribution is 2.43. The molecule has 0 bridgehead atoms. The summed E-state index contributed by atoms with van der Waals surface area (Å²) in [4.78, 5) is 28.9. The molecule has 2 unspecified atom stereocenters. The van der Waals surface area contributed by atoms with Crippen LogP contribution in [0, 0.1) is 18.2 Å². The van der Waals surface area contributed by atoms with Gasteiger partial charge >= 0.3 is 12.3 Å². The van der Waals surface area contributed by atoms with Crippen LogP contribution in [0.1, 0.15) is 54.6 Å². The minimum atomic E-state index is -4.77. The fraction of sp³-hybridized carbons (Fsp3) is 0.444. The van der Waals surface area contributed by atoms with Gasteiger partial charge in [-0.3, -0.25) is 14.7 Å². The first-order valence-electron chi connectivity index (χ1n) is 12.5. The van der Waals surface area contributed by atoms with Crippen molar-refractivity contribution in [3.63, 3.8) is 0 Å². The molecule has 1 saturated heterocycles. The van der Waals surface area contributed by atoms with Crippen molar-refractivity contribution in [2.24, 2.45) is 5.41 Å². The SMILES string of the molecule is Cc1oc2ccc(OCc3cccnc3C(F)(F)F)c(F)c2c1C(=O)NC1CCN(C(=O)O)C(C(C)(C)C)C1(F)F. The second kappa shape index (κ2) is 10.5. The summed E-state index contributed by atoms with van der Waals surface area (Å²) in [5.41, 5.74) is -3.27. The van der Waals surface area contributed by atoms with E-state index >= 15 is 13.2 Å². The van der Waals surface area contributed by atoms with Gasteiger partial charge in [-0.05, 0) is 37.0 Å². The number of piperidine rings is 1. The quantitative estimate of drug-likeness (QED) is 0.335. The number of benzene rings is 1. The van der Waals surface area contributed by atoms with Crippen LogP contribution < -0.4 is 10.1 Å². The molecule has 0 aliphatic carbocycles. The molecular weight excluding hydrogens is 560 g/mol. The Kier molecular flexibility index (Phi) is 7.65. The molecule has 41 heavy (non-hydrogen) atoms. The molecular formula is C27H27F6N3O5. The largest absolute Gasteiger partial charge is 0.486 e. The molecule has 2 atom stereocenters. The van der Waals surface area contributed by atoms with Crippen molar-refractivity contribution in [2.75, 3.05) is 6.54 Å². The van der Waals surface area contributed by atoms with E-state index in [0.717, 1.165) is 18.3 Å². The summed E-state index contributed by atoms with van der Waals surface area (Å²) < 4.78 is 97.5. The number of carbonyl (C=O) groups is 2. The highest BCUT2D eigenvalue weighted by Gasteiger charge is 2.59. The maximum atomic E-state index is 15.7. The molecule has 1 fully saturated rings. The van der Waals surface area contributed by atoms with Crippen LogP contribution in [0.15, 0.2) is 34.9 Å².